The Kier molecular flexibility index (Phi) is 5.15. The Bertz CT molecular complexity index is 261. The van der Waals surface area contributed by atoms with E-state index >= 15 is 0 Å². The lowest BCUT2D eigenvalue weighted by Gasteiger charge is -2.35. The largest absolute Gasteiger partial charge is 0.393 e. The Labute approximate surface area is 113 Å². The molecule has 2 fully saturated rings. The SMILES string of the molecule is OC(C1CCCCCC1)C1CCC(C(F)(F)F)CC1. The monoisotopic (exact) mass is 278 g/mol. The second-order valence-corrected chi connectivity index (χ2v) is 6.40. The fourth-order valence-electron chi connectivity index (χ4n) is 3.83. The molecule has 1 N–H and O–H groups in total. The van der Waals surface area contributed by atoms with Crippen LogP contribution in [0.3, 0.4) is 0 Å². The molecule has 4 heteroatoms. The van der Waals surface area contributed by atoms with Crippen molar-refractivity contribution < 1.29 is 18.3 Å². The number of aliphatic hydroxyl groups excluding tert-OH is 1. The fourth-order valence-corrected chi connectivity index (χ4v) is 3.83. The number of rotatable bonds is 2. The van der Waals surface area contributed by atoms with Gasteiger partial charge in [0.15, 0.2) is 0 Å². The minimum Gasteiger partial charge on any atom is -0.393 e. The van der Waals surface area contributed by atoms with Gasteiger partial charge in [0, 0.05) is 0 Å². The summed E-state index contributed by atoms with van der Waals surface area (Å²) in [5.74, 6) is -0.707. The molecule has 1 nitrogen and oxygen atoms in total. The Morgan fingerprint density at radius 3 is 1.68 bits per heavy atom. The molecule has 112 valence electrons. The molecular formula is C15H25F3O. The zero-order chi connectivity index (χ0) is 13.9. The van der Waals surface area contributed by atoms with Crippen LogP contribution in [0.2, 0.25) is 0 Å². The van der Waals surface area contributed by atoms with Crippen LogP contribution in [0.1, 0.15) is 64.2 Å². The summed E-state index contributed by atoms with van der Waals surface area (Å²) in [4.78, 5) is 0. The highest BCUT2D eigenvalue weighted by Gasteiger charge is 2.43. The Morgan fingerprint density at radius 1 is 0.737 bits per heavy atom. The molecule has 2 aliphatic rings. The van der Waals surface area contributed by atoms with Gasteiger partial charge < -0.3 is 5.11 Å². The lowest BCUT2D eigenvalue weighted by molar-refractivity contribution is -0.186. The van der Waals surface area contributed by atoms with Crippen LogP contribution in [-0.2, 0) is 0 Å². The van der Waals surface area contributed by atoms with E-state index < -0.39 is 12.1 Å². The number of hydrogen-bond acceptors (Lipinski definition) is 1. The van der Waals surface area contributed by atoms with E-state index in [0.29, 0.717) is 18.8 Å². The molecule has 0 aromatic carbocycles. The van der Waals surface area contributed by atoms with Crippen LogP contribution in [0.25, 0.3) is 0 Å². The van der Waals surface area contributed by atoms with Crippen LogP contribution >= 0.6 is 0 Å². The van der Waals surface area contributed by atoms with Crippen molar-refractivity contribution in [3.8, 4) is 0 Å². The van der Waals surface area contributed by atoms with Gasteiger partial charge in [-0.1, -0.05) is 25.7 Å². The third-order valence-corrected chi connectivity index (χ3v) is 5.10. The molecule has 0 heterocycles. The highest BCUT2D eigenvalue weighted by molar-refractivity contribution is 4.84. The predicted octanol–water partition coefficient (Wildman–Crippen LogP) is 4.69. The quantitative estimate of drug-likeness (QED) is 0.727. The van der Waals surface area contributed by atoms with Crippen LogP contribution in [-0.4, -0.2) is 17.4 Å². The molecule has 0 radical (unpaired) electrons. The van der Waals surface area contributed by atoms with E-state index in [1.807, 2.05) is 0 Å². The molecule has 0 aromatic heterocycles. The van der Waals surface area contributed by atoms with Crippen LogP contribution < -0.4 is 0 Å². The van der Waals surface area contributed by atoms with Crippen molar-refractivity contribution in [3.63, 3.8) is 0 Å². The van der Waals surface area contributed by atoms with E-state index in [1.54, 1.807) is 0 Å². The average molecular weight is 278 g/mol. The minimum absolute atomic E-state index is 0.0988. The molecule has 0 spiro atoms. The van der Waals surface area contributed by atoms with Gasteiger partial charge in [0.05, 0.1) is 12.0 Å². The molecule has 2 rings (SSSR count). The maximum atomic E-state index is 12.6. The highest BCUT2D eigenvalue weighted by Crippen LogP contribution is 2.42. The van der Waals surface area contributed by atoms with E-state index in [1.165, 1.54) is 25.7 Å². The third kappa shape index (κ3) is 4.11. The number of halogens is 3. The lowest BCUT2D eigenvalue weighted by atomic mass is 9.74. The van der Waals surface area contributed by atoms with E-state index in [-0.39, 0.29) is 24.9 Å². The molecule has 0 aliphatic heterocycles. The molecule has 1 unspecified atom stereocenters. The predicted molar refractivity (Wildman–Crippen MR) is 68.7 cm³/mol. The normalized spacial score (nSPS) is 32.8. The maximum absolute atomic E-state index is 12.6. The number of aliphatic hydroxyl groups is 1. The van der Waals surface area contributed by atoms with Crippen molar-refractivity contribution in [1.29, 1.82) is 0 Å². The van der Waals surface area contributed by atoms with Crippen molar-refractivity contribution in [2.75, 3.05) is 0 Å². The molecule has 0 amide bonds. The first-order chi connectivity index (χ1) is 8.98. The number of alkyl halides is 3. The fraction of sp³-hybridized carbons (Fsp3) is 1.00. The van der Waals surface area contributed by atoms with Gasteiger partial charge in [0.25, 0.3) is 0 Å². The summed E-state index contributed by atoms with van der Waals surface area (Å²) in [5.41, 5.74) is 0. The average Bonchev–Trinajstić information content (AvgIpc) is 2.66. The molecule has 1 atom stereocenters. The molecular weight excluding hydrogens is 253 g/mol. The first kappa shape index (κ1) is 15.1. The first-order valence-corrected chi connectivity index (χ1v) is 7.73. The number of hydrogen-bond donors (Lipinski definition) is 1. The molecule has 2 aliphatic carbocycles. The van der Waals surface area contributed by atoms with E-state index in [0.717, 1.165) is 12.8 Å². The first-order valence-electron chi connectivity index (χ1n) is 7.73. The second kappa shape index (κ2) is 6.47. The summed E-state index contributed by atoms with van der Waals surface area (Å²) < 4.78 is 37.8. The Hall–Kier alpha value is -0.250. The maximum Gasteiger partial charge on any atom is 0.391 e. The molecule has 0 bridgehead atoms. The summed E-state index contributed by atoms with van der Waals surface area (Å²) >= 11 is 0. The topological polar surface area (TPSA) is 20.2 Å². The van der Waals surface area contributed by atoms with Gasteiger partial charge in [-0.05, 0) is 50.4 Å². The standard InChI is InChI=1S/C15H25F3O/c16-15(17,18)13-9-7-12(8-10-13)14(19)11-5-3-1-2-4-6-11/h11-14,19H,1-10H2. The van der Waals surface area contributed by atoms with Gasteiger partial charge in [-0.2, -0.15) is 13.2 Å². The van der Waals surface area contributed by atoms with Crippen molar-refractivity contribution in [2.24, 2.45) is 17.8 Å². The van der Waals surface area contributed by atoms with E-state index in [9.17, 15) is 18.3 Å². The van der Waals surface area contributed by atoms with Gasteiger partial charge >= 0.3 is 6.18 Å². The van der Waals surface area contributed by atoms with Crippen molar-refractivity contribution >= 4 is 0 Å². The lowest BCUT2D eigenvalue weighted by Crippen LogP contribution is -2.35. The van der Waals surface area contributed by atoms with Crippen molar-refractivity contribution in [2.45, 2.75) is 76.5 Å². The highest BCUT2D eigenvalue weighted by atomic mass is 19.4. The summed E-state index contributed by atoms with van der Waals surface area (Å²) in [6, 6.07) is 0. The molecule has 2 saturated carbocycles. The minimum atomic E-state index is -4.04. The van der Waals surface area contributed by atoms with Gasteiger partial charge in [-0.15, -0.1) is 0 Å². The van der Waals surface area contributed by atoms with Gasteiger partial charge in [-0.25, -0.2) is 0 Å². The van der Waals surface area contributed by atoms with Crippen molar-refractivity contribution in [3.05, 3.63) is 0 Å². The van der Waals surface area contributed by atoms with Crippen LogP contribution in [0.4, 0.5) is 13.2 Å². The van der Waals surface area contributed by atoms with Gasteiger partial charge in [0.1, 0.15) is 0 Å². The van der Waals surface area contributed by atoms with Gasteiger partial charge in [-0.3, -0.25) is 0 Å². The van der Waals surface area contributed by atoms with Crippen LogP contribution in [0, 0.1) is 17.8 Å². The second-order valence-electron chi connectivity index (χ2n) is 6.40. The van der Waals surface area contributed by atoms with Crippen LogP contribution in [0.15, 0.2) is 0 Å². The van der Waals surface area contributed by atoms with E-state index in [2.05, 4.69) is 0 Å². The summed E-state index contributed by atoms with van der Waals surface area (Å²) in [6.07, 6.45) is 4.01. The zero-order valence-corrected chi connectivity index (χ0v) is 11.5. The van der Waals surface area contributed by atoms with Gasteiger partial charge in [0.2, 0.25) is 0 Å². The summed E-state index contributed by atoms with van der Waals surface area (Å²) in [6.45, 7) is 0. The Balaban J connectivity index is 1.83. The smallest absolute Gasteiger partial charge is 0.391 e. The summed E-state index contributed by atoms with van der Waals surface area (Å²) in [5, 5.41) is 10.4. The Morgan fingerprint density at radius 2 is 1.21 bits per heavy atom. The van der Waals surface area contributed by atoms with Crippen molar-refractivity contribution in [1.82, 2.24) is 0 Å². The summed E-state index contributed by atoms with van der Waals surface area (Å²) in [7, 11) is 0. The molecule has 19 heavy (non-hydrogen) atoms. The zero-order valence-electron chi connectivity index (χ0n) is 11.5. The van der Waals surface area contributed by atoms with Crippen LogP contribution in [0.5, 0.6) is 0 Å². The molecule has 0 saturated heterocycles. The third-order valence-electron chi connectivity index (χ3n) is 5.10. The van der Waals surface area contributed by atoms with E-state index in [4.69, 9.17) is 0 Å². The molecule has 0 aromatic rings.